The van der Waals surface area contributed by atoms with E-state index in [9.17, 15) is 0 Å². The molecule has 2 nitrogen and oxygen atoms in total. The first-order valence-corrected chi connectivity index (χ1v) is 3.35. The molecular formula is C4H7BrO2S. The van der Waals surface area contributed by atoms with Gasteiger partial charge in [-0.2, -0.15) is 0 Å². The van der Waals surface area contributed by atoms with Crippen molar-refractivity contribution < 1.29 is 9.84 Å². The third-order valence-corrected chi connectivity index (χ3v) is 1.48. The minimum Gasteiger partial charge on any atom is -0.484 e. The van der Waals surface area contributed by atoms with Gasteiger partial charge in [0.15, 0.2) is 4.67 Å². The van der Waals surface area contributed by atoms with Gasteiger partial charge in [0.05, 0.1) is 6.61 Å². The summed E-state index contributed by atoms with van der Waals surface area (Å²) >= 11 is 6.80. The van der Waals surface area contributed by atoms with Crippen molar-refractivity contribution in [3.05, 3.63) is 10.1 Å². The van der Waals surface area contributed by atoms with Crippen LogP contribution < -0.4 is 0 Å². The number of hydrogen-bond donors (Lipinski definition) is 2. The first kappa shape index (κ1) is 8.33. The SMILES string of the molecule is OCCO/C(Br)=C\S. The molecule has 0 aliphatic rings. The van der Waals surface area contributed by atoms with Crippen molar-refractivity contribution in [1.82, 2.24) is 0 Å². The molecule has 0 aliphatic heterocycles. The Morgan fingerprint density at radius 3 is 2.88 bits per heavy atom. The zero-order valence-corrected chi connectivity index (χ0v) is 6.65. The van der Waals surface area contributed by atoms with Crippen molar-refractivity contribution in [1.29, 1.82) is 0 Å². The van der Waals surface area contributed by atoms with E-state index in [0.29, 0.717) is 11.3 Å². The topological polar surface area (TPSA) is 29.5 Å². The van der Waals surface area contributed by atoms with Crippen molar-refractivity contribution in [2.24, 2.45) is 0 Å². The zero-order valence-electron chi connectivity index (χ0n) is 4.17. The Kier molecular flexibility index (Phi) is 5.69. The van der Waals surface area contributed by atoms with Gasteiger partial charge in [-0.15, -0.1) is 12.6 Å². The Labute approximate surface area is 62.1 Å². The summed E-state index contributed by atoms with van der Waals surface area (Å²) in [6.45, 7) is 0.328. The molecular weight excluding hydrogens is 192 g/mol. The van der Waals surface area contributed by atoms with E-state index >= 15 is 0 Å². The van der Waals surface area contributed by atoms with Crippen LogP contribution in [0.15, 0.2) is 10.1 Å². The van der Waals surface area contributed by atoms with Crippen molar-refractivity contribution in [3.63, 3.8) is 0 Å². The van der Waals surface area contributed by atoms with E-state index in [1.165, 1.54) is 5.41 Å². The van der Waals surface area contributed by atoms with Crippen LogP contribution in [0.5, 0.6) is 0 Å². The fourth-order valence-electron chi connectivity index (χ4n) is 0.180. The Balaban J connectivity index is 3.12. The van der Waals surface area contributed by atoms with Gasteiger partial charge in [0.25, 0.3) is 0 Å². The summed E-state index contributed by atoms with van der Waals surface area (Å²) < 4.78 is 5.33. The minimum absolute atomic E-state index is 0.0245. The highest BCUT2D eigenvalue weighted by Gasteiger charge is 1.85. The van der Waals surface area contributed by atoms with Crippen molar-refractivity contribution in [2.45, 2.75) is 0 Å². The average molecular weight is 199 g/mol. The molecule has 0 atom stereocenters. The summed E-state index contributed by atoms with van der Waals surface area (Å²) in [6.07, 6.45) is 0. The lowest BCUT2D eigenvalue weighted by molar-refractivity contribution is 0.162. The lowest BCUT2D eigenvalue weighted by Crippen LogP contribution is -1.94. The van der Waals surface area contributed by atoms with Gasteiger partial charge in [0, 0.05) is 5.41 Å². The molecule has 0 spiro atoms. The smallest absolute Gasteiger partial charge is 0.168 e. The third-order valence-electron chi connectivity index (χ3n) is 0.433. The zero-order chi connectivity index (χ0) is 6.41. The molecule has 0 aromatic rings. The maximum atomic E-state index is 8.21. The largest absolute Gasteiger partial charge is 0.484 e. The second kappa shape index (κ2) is 5.47. The molecule has 0 fully saturated rings. The van der Waals surface area contributed by atoms with Crippen LogP contribution >= 0.6 is 28.6 Å². The fourth-order valence-corrected chi connectivity index (χ4v) is 0.417. The van der Waals surface area contributed by atoms with E-state index in [2.05, 4.69) is 28.6 Å². The van der Waals surface area contributed by atoms with E-state index < -0.39 is 0 Å². The highest BCUT2D eigenvalue weighted by molar-refractivity contribution is 9.11. The molecule has 0 aromatic carbocycles. The highest BCUT2D eigenvalue weighted by atomic mass is 79.9. The summed E-state index contributed by atoms with van der Waals surface area (Å²) in [6, 6.07) is 0. The first-order valence-electron chi connectivity index (χ1n) is 2.04. The maximum Gasteiger partial charge on any atom is 0.168 e. The predicted octanol–water partition coefficient (Wildman–Crippen LogP) is 1.12. The molecule has 8 heavy (non-hydrogen) atoms. The monoisotopic (exact) mass is 198 g/mol. The van der Waals surface area contributed by atoms with E-state index in [0.717, 1.165) is 0 Å². The fraction of sp³-hybridized carbons (Fsp3) is 0.500. The Morgan fingerprint density at radius 1 is 1.88 bits per heavy atom. The van der Waals surface area contributed by atoms with Gasteiger partial charge < -0.3 is 9.84 Å². The molecule has 48 valence electrons. The summed E-state index contributed by atoms with van der Waals surface area (Å²) in [7, 11) is 0. The Bertz CT molecular complexity index is 84.1. The lowest BCUT2D eigenvalue weighted by atomic mass is 10.8. The molecule has 0 saturated heterocycles. The molecule has 1 N–H and O–H groups in total. The van der Waals surface area contributed by atoms with E-state index in [-0.39, 0.29) is 6.61 Å². The van der Waals surface area contributed by atoms with Crippen molar-refractivity contribution >= 4 is 28.6 Å². The van der Waals surface area contributed by atoms with Gasteiger partial charge in [-0.3, -0.25) is 0 Å². The summed E-state index contributed by atoms with van der Waals surface area (Å²) in [4.78, 5) is 0. The van der Waals surface area contributed by atoms with Gasteiger partial charge in [-0.05, 0) is 15.9 Å². The standard InChI is InChI=1S/C4H7BrO2S/c5-4(3-8)7-2-1-6/h3,6,8H,1-2H2/b4-3-. The molecule has 0 amide bonds. The molecule has 0 heterocycles. The molecule has 0 rings (SSSR count). The maximum absolute atomic E-state index is 8.21. The normalized spacial score (nSPS) is 11.6. The van der Waals surface area contributed by atoms with E-state index in [1.54, 1.807) is 0 Å². The first-order chi connectivity index (χ1) is 3.81. The Hall–Kier alpha value is 0.330. The number of aliphatic hydroxyl groups is 1. The molecule has 0 unspecified atom stereocenters. The number of halogens is 1. The van der Waals surface area contributed by atoms with Crippen LogP contribution in [0.1, 0.15) is 0 Å². The van der Waals surface area contributed by atoms with Gasteiger partial charge in [-0.25, -0.2) is 0 Å². The van der Waals surface area contributed by atoms with Crippen molar-refractivity contribution in [2.75, 3.05) is 13.2 Å². The van der Waals surface area contributed by atoms with Gasteiger partial charge in [0.1, 0.15) is 6.61 Å². The van der Waals surface area contributed by atoms with Gasteiger partial charge in [-0.1, -0.05) is 0 Å². The Morgan fingerprint density at radius 2 is 2.50 bits per heavy atom. The van der Waals surface area contributed by atoms with Gasteiger partial charge in [0.2, 0.25) is 0 Å². The highest BCUT2D eigenvalue weighted by Crippen LogP contribution is 2.06. The number of hydrogen-bond acceptors (Lipinski definition) is 3. The van der Waals surface area contributed by atoms with Crippen molar-refractivity contribution in [3.8, 4) is 0 Å². The van der Waals surface area contributed by atoms with E-state index in [4.69, 9.17) is 9.84 Å². The second-order valence-corrected chi connectivity index (χ2v) is 2.05. The summed E-state index contributed by atoms with van der Waals surface area (Å²) in [5, 5.41) is 9.68. The molecule has 0 bridgehead atoms. The van der Waals surface area contributed by atoms with E-state index in [1.807, 2.05) is 0 Å². The van der Waals surface area contributed by atoms with Crippen LogP contribution in [0.4, 0.5) is 0 Å². The summed E-state index contributed by atoms with van der Waals surface area (Å²) in [5.41, 5.74) is 0. The number of aliphatic hydroxyl groups excluding tert-OH is 1. The molecule has 0 radical (unpaired) electrons. The third kappa shape index (κ3) is 4.49. The number of ether oxygens (including phenoxy) is 1. The number of thiol groups is 1. The van der Waals surface area contributed by atoms with Crippen LogP contribution in [0, 0.1) is 0 Å². The quantitative estimate of drug-likeness (QED) is 0.526. The summed E-state index contributed by atoms with van der Waals surface area (Å²) in [5.74, 6) is 0. The number of rotatable bonds is 3. The van der Waals surface area contributed by atoms with Crippen LogP contribution in [0.2, 0.25) is 0 Å². The lowest BCUT2D eigenvalue weighted by Gasteiger charge is -1.98. The molecule has 4 heteroatoms. The molecule has 0 aliphatic carbocycles. The second-order valence-electron chi connectivity index (χ2n) is 1.01. The average Bonchev–Trinajstić information content (AvgIpc) is 1.83. The minimum atomic E-state index is 0.0245. The van der Waals surface area contributed by atoms with Crippen LogP contribution in [0.25, 0.3) is 0 Å². The van der Waals surface area contributed by atoms with Gasteiger partial charge >= 0.3 is 0 Å². The molecule has 0 saturated carbocycles. The van der Waals surface area contributed by atoms with Crippen LogP contribution in [-0.2, 0) is 4.74 Å². The van der Waals surface area contributed by atoms with Crippen LogP contribution in [-0.4, -0.2) is 18.3 Å². The predicted molar refractivity (Wildman–Crippen MR) is 39.0 cm³/mol. The van der Waals surface area contributed by atoms with Crippen LogP contribution in [0.3, 0.4) is 0 Å². The molecule has 0 aromatic heterocycles.